The lowest BCUT2D eigenvalue weighted by Crippen LogP contribution is -2.47. The predicted molar refractivity (Wildman–Crippen MR) is 164 cm³/mol. The van der Waals surface area contributed by atoms with E-state index in [1.807, 2.05) is 0 Å². The molecule has 0 bridgehead atoms. The van der Waals surface area contributed by atoms with Gasteiger partial charge in [-0.25, -0.2) is 16.8 Å². The third-order valence-electron chi connectivity index (χ3n) is 6.76. The third-order valence-corrected chi connectivity index (χ3v) is 10.4. The van der Waals surface area contributed by atoms with Crippen molar-refractivity contribution in [2.45, 2.75) is 36.6 Å². The van der Waals surface area contributed by atoms with Gasteiger partial charge in [-0.05, 0) is 66.9 Å². The molecule has 0 radical (unpaired) electrons. The lowest BCUT2D eigenvalue weighted by molar-refractivity contribution is -0.118. The smallest absolute Gasteiger partial charge is 0.262 e. The number of ether oxygens (including phenoxy) is 1. The van der Waals surface area contributed by atoms with Crippen molar-refractivity contribution < 1.29 is 31.2 Å². The molecule has 14 heteroatoms. The summed E-state index contributed by atoms with van der Waals surface area (Å²) in [6.45, 7) is 6.12. The Hall–Kier alpha value is -3.49. The Morgan fingerprint density at radius 2 is 1.60 bits per heavy atom. The van der Waals surface area contributed by atoms with Gasteiger partial charge in [0.1, 0.15) is 6.04 Å². The molecule has 0 saturated carbocycles. The molecule has 230 valence electrons. The first kappa shape index (κ1) is 32.4. The maximum absolute atomic E-state index is 13.3. The molecule has 43 heavy (non-hydrogen) atoms. The van der Waals surface area contributed by atoms with Crippen LogP contribution in [0.3, 0.4) is 0 Å². The summed E-state index contributed by atoms with van der Waals surface area (Å²) < 4.78 is 61.4. The molecule has 1 heterocycles. The van der Waals surface area contributed by atoms with Gasteiger partial charge in [0.05, 0.1) is 28.7 Å². The number of carbonyl (C=O) groups is 2. The first-order valence-corrected chi connectivity index (χ1v) is 16.8. The zero-order chi connectivity index (χ0) is 31.4. The van der Waals surface area contributed by atoms with E-state index in [4.69, 9.17) is 16.3 Å². The molecule has 3 N–H and O–H groups in total. The van der Waals surface area contributed by atoms with E-state index >= 15 is 0 Å². The van der Waals surface area contributed by atoms with Gasteiger partial charge in [-0.15, -0.1) is 0 Å². The van der Waals surface area contributed by atoms with Crippen LogP contribution in [0.5, 0.6) is 0 Å². The number of carbonyl (C=O) groups excluding carboxylic acids is 2. The number of hydrogen-bond acceptors (Lipinski definition) is 7. The molecule has 0 aromatic heterocycles. The van der Waals surface area contributed by atoms with Gasteiger partial charge in [0.2, 0.25) is 15.9 Å². The fourth-order valence-corrected chi connectivity index (χ4v) is 7.41. The molecule has 0 spiro atoms. The van der Waals surface area contributed by atoms with E-state index in [2.05, 4.69) is 15.4 Å². The van der Waals surface area contributed by atoms with E-state index in [0.29, 0.717) is 10.6 Å². The quantitative estimate of drug-likeness (QED) is 0.302. The van der Waals surface area contributed by atoms with Crippen LogP contribution in [0.25, 0.3) is 0 Å². The number of anilines is 2. The number of aryl methyl sites for hydroxylation is 1. The summed E-state index contributed by atoms with van der Waals surface area (Å²) in [6.07, 6.45) is 0. The number of hydrogen-bond donors (Lipinski definition) is 3. The summed E-state index contributed by atoms with van der Waals surface area (Å²) in [5, 5.41) is 5.74. The van der Waals surface area contributed by atoms with Crippen molar-refractivity contribution in [2.75, 3.05) is 36.3 Å². The van der Waals surface area contributed by atoms with Crippen molar-refractivity contribution in [3.05, 3.63) is 82.9 Å². The van der Waals surface area contributed by atoms with Gasteiger partial charge in [0, 0.05) is 29.4 Å². The fraction of sp³-hybridized carbons (Fsp3) is 0.310. The maximum Gasteiger partial charge on any atom is 0.262 e. The van der Waals surface area contributed by atoms with Crippen LogP contribution in [0, 0.1) is 12.8 Å². The average molecular weight is 649 g/mol. The Balaban J connectivity index is 1.50. The predicted octanol–water partition coefficient (Wildman–Crippen LogP) is 3.86. The molecular formula is C29H33ClN4O7S2. The van der Waals surface area contributed by atoms with E-state index in [9.17, 15) is 26.4 Å². The monoisotopic (exact) mass is 648 g/mol. The molecule has 11 nitrogen and oxygen atoms in total. The van der Waals surface area contributed by atoms with Crippen molar-refractivity contribution in [1.29, 1.82) is 0 Å². The van der Waals surface area contributed by atoms with E-state index in [-0.39, 0.29) is 59.0 Å². The lowest BCUT2D eigenvalue weighted by atomic mass is 10.0. The van der Waals surface area contributed by atoms with Gasteiger partial charge in [-0.1, -0.05) is 43.6 Å². The first-order valence-electron chi connectivity index (χ1n) is 13.5. The van der Waals surface area contributed by atoms with Crippen molar-refractivity contribution >= 4 is 54.8 Å². The number of sulfonamides is 2. The summed E-state index contributed by atoms with van der Waals surface area (Å²) in [5.74, 6) is -1.57. The van der Waals surface area contributed by atoms with Crippen molar-refractivity contribution in [3.8, 4) is 0 Å². The number of halogens is 1. The molecule has 2 amide bonds. The molecule has 1 aliphatic rings. The van der Waals surface area contributed by atoms with Crippen LogP contribution in [-0.2, 0) is 29.6 Å². The number of nitrogens with zero attached hydrogens (tertiary/aromatic N) is 1. The van der Waals surface area contributed by atoms with Crippen LogP contribution >= 0.6 is 11.6 Å². The minimum Gasteiger partial charge on any atom is -0.379 e. The summed E-state index contributed by atoms with van der Waals surface area (Å²) in [6, 6.07) is 15.3. The highest BCUT2D eigenvalue weighted by atomic mass is 35.5. The minimum atomic E-state index is -4.02. The van der Waals surface area contributed by atoms with Crippen molar-refractivity contribution in [1.82, 2.24) is 9.62 Å². The largest absolute Gasteiger partial charge is 0.379 e. The zero-order valence-electron chi connectivity index (χ0n) is 23.8. The Bertz CT molecular complexity index is 1720. The van der Waals surface area contributed by atoms with E-state index in [1.165, 1.54) is 40.7 Å². The number of rotatable bonds is 10. The Kier molecular flexibility index (Phi) is 10.1. The number of benzene rings is 3. The van der Waals surface area contributed by atoms with Gasteiger partial charge in [0.25, 0.3) is 15.9 Å². The van der Waals surface area contributed by atoms with E-state index < -0.39 is 37.9 Å². The van der Waals surface area contributed by atoms with Crippen LogP contribution < -0.4 is 15.4 Å². The second-order valence-corrected chi connectivity index (χ2v) is 14.4. The zero-order valence-corrected chi connectivity index (χ0v) is 26.2. The highest BCUT2D eigenvalue weighted by Crippen LogP contribution is 2.25. The topological polar surface area (TPSA) is 151 Å². The van der Waals surface area contributed by atoms with Crippen molar-refractivity contribution in [2.24, 2.45) is 5.92 Å². The second-order valence-electron chi connectivity index (χ2n) is 10.3. The van der Waals surface area contributed by atoms with Gasteiger partial charge >= 0.3 is 0 Å². The molecule has 1 fully saturated rings. The number of morpholine rings is 1. The molecule has 1 saturated heterocycles. The van der Waals surface area contributed by atoms with Gasteiger partial charge in [0.15, 0.2) is 0 Å². The van der Waals surface area contributed by atoms with Crippen LogP contribution in [0.15, 0.2) is 76.5 Å². The lowest BCUT2D eigenvalue weighted by Gasteiger charge is -2.26. The molecular weight excluding hydrogens is 616 g/mol. The Labute approximate surface area is 256 Å². The summed E-state index contributed by atoms with van der Waals surface area (Å²) in [7, 11) is -7.85. The molecule has 3 aromatic carbocycles. The van der Waals surface area contributed by atoms with Gasteiger partial charge in [-0.3, -0.25) is 14.3 Å². The first-order chi connectivity index (χ1) is 20.3. The van der Waals surface area contributed by atoms with E-state index in [1.54, 1.807) is 51.1 Å². The number of amides is 2. The Morgan fingerprint density at radius 1 is 0.907 bits per heavy atom. The summed E-state index contributed by atoms with van der Waals surface area (Å²) in [4.78, 5) is 26.4. The molecule has 4 rings (SSSR count). The average Bonchev–Trinajstić information content (AvgIpc) is 2.96. The fourth-order valence-electron chi connectivity index (χ4n) is 4.44. The standard InChI is InChI=1S/C29H33ClN4O7S2/c1-19(2)27(32-28(35)21-6-4-9-25(16-21)43(39,40)34-12-14-41-15-13-34)29(36)31-23-11-10-20(3)26(18-23)42(37,38)33-24-8-5-7-22(30)17-24/h4-11,16-19,27,33H,12-15H2,1-3H3,(H,31,36)(H,32,35)/t27-/m0/s1. The molecule has 1 aliphatic heterocycles. The van der Waals surface area contributed by atoms with Gasteiger partial charge < -0.3 is 15.4 Å². The molecule has 0 aliphatic carbocycles. The molecule has 3 aromatic rings. The van der Waals surface area contributed by atoms with Crippen LogP contribution in [-0.4, -0.2) is 65.3 Å². The second kappa shape index (κ2) is 13.4. The van der Waals surface area contributed by atoms with Crippen LogP contribution in [0.2, 0.25) is 5.02 Å². The maximum atomic E-state index is 13.3. The summed E-state index contributed by atoms with van der Waals surface area (Å²) in [5.41, 5.74) is 1.02. The highest BCUT2D eigenvalue weighted by molar-refractivity contribution is 7.92. The number of nitrogens with one attached hydrogen (secondary N) is 3. The van der Waals surface area contributed by atoms with Crippen molar-refractivity contribution in [3.63, 3.8) is 0 Å². The highest BCUT2D eigenvalue weighted by Gasteiger charge is 2.29. The molecule has 0 unspecified atom stereocenters. The van der Waals surface area contributed by atoms with E-state index in [0.717, 1.165) is 0 Å². The van der Waals surface area contributed by atoms with Gasteiger partial charge in [-0.2, -0.15) is 4.31 Å². The minimum absolute atomic E-state index is 0.0348. The Morgan fingerprint density at radius 3 is 2.28 bits per heavy atom. The van der Waals surface area contributed by atoms with Crippen LogP contribution in [0.1, 0.15) is 29.8 Å². The SMILES string of the molecule is Cc1ccc(NC(=O)[C@@H](NC(=O)c2cccc(S(=O)(=O)N3CCOCC3)c2)C(C)C)cc1S(=O)(=O)Nc1cccc(Cl)c1. The normalized spacial score (nSPS) is 15.1. The van der Waals surface area contributed by atoms with Crippen LogP contribution in [0.4, 0.5) is 11.4 Å². The third kappa shape index (κ3) is 7.92. The molecule has 1 atom stereocenters. The summed E-state index contributed by atoms with van der Waals surface area (Å²) >= 11 is 5.98.